The van der Waals surface area contributed by atoms with Gasteiger partial charge in [0.2, 0.25) is 11.8 Å². The Hall–Kier alpha value is -3.19. The van der Waals surface area contributed by atoms with Gasteiger partial charge in [0.1, 0.15) is 122 Å². The van der Waals surface area contributed by atoms with E-state index in [4.69, 9.17) is 47.4 Å². The van der Waals surface area contributed by atoms with Crippen molar-refractivity contribution in [2.45, 2.75) is 404 Å². The van der Waals surface area contributed by atoms with Crippen LogP contribution in [0.4, 0.5) is 0 Å². The predicted octanol–water partition coefficient (Wildman–Crippen LogP) is 0.930. The fraction of sp³-hybridized carbons (Fsp3) is 0.909. The number of unbranched alkanes of at least 4 members (excludes halogenated alkanes) is 28. The summed E-state index contributed by atoms with van der Waals surface area (Å²) in [6, 6.07) is -2.91. The molecular formula is C77H138N2O31. The van der Waals surface area contributed by atoms with Gasteiger partial charge in [-0.05, 0) is 44.9 Å². The molecule has 0 aromatic carbocycles. The van der Waals surface area contributed by atoms with Crippen molar-refractivity contribution in [3.63, 3.8) is 0 Å². The SMILES string of the molecule is CCCCCCCC/C=C\CCCCCCCCCCCCCC(=O)N[C@@H](CO[C@@H]1OC(CO)[C@@H](O[C@@H]2OC(CO)[C@H](O)[C@H](O[C@@H]3OC(CO)[C@@H](O[C@@H]4OC(CO[C@]5(C(=O)O)CC(O)[C@@H](O)C([C@H](O)[C@H](O)CO)O5)[C@H](O)[C@H](O)C4O)[C@H](O)C3NC(C)=O)C2O)[C@H](O)C1O)[C@H](O)/C=C/CCCCCCCCCCCCC. The van der Waals surface area contributed by atoms with E-state index >= 15 is 0 Å². The van der Waals surface area contributed by atoms with Crippen LogP contribution in [0.2, 0.25) is 0 Å². The van der Waals surface area contributed by atoms with Crippen molar-refractivity contribution in [1.82, 2.24) is 10.6 Å². The minimum atomic E-state index is -2.98. The van der Waals surface area contributed by atoms with Gasteiger partial charge in [-0.1, -0.05) is 192 Å². The number of hydrogen-bond donors (Lipinski definition) is 20. The van der Waals surface area contributed by atoms with Gasteiger partial charge >= 0.3 is 5.97 Å². The third kappa shape index (κ3) is 31.4. The first kappa shape index (κ1) is 97.4. The monoisotopic (exact) mass is 1590 g/mol. The highest BCUT2D eigenvalue weighted by Crippen LogP contribution is 2.38. The van der Waals surface area contributed by atoms with Gasteiger partial charge in [-0.3, -0.25) is 9.59 Å². The zero-order valence-corrected chi connectivity index (χ0v) is 64.8. The van der Waals surface area contributed by atoms with Gasteiger partial charge in [-0.15, -0.1) is 0 Å². The van der Waals surface area contributed by atoms with Crippen molar-refractivity contribution in [2.75, 3.05) is 39.6 Å². The molecule has 2 amide bonds. The number of ether oxygens (including phenoxy) is 10. The highest BCUT2D eigenvalue weighted by Gasteiger charge is 2.59. The number of rotatable bonds is 56. The number of carboxylic acid groups (broad SMARTS) is 1. The highest BCUT2D eigenvalue weighted by atomic mass is 16.8. The lowest BCUT2D eigenvalue weighted by Crippen LogP contribution is -2.70. The summed E-state index contributed by atoms with van der Waals surface area (Å²) in [4.78, 5) is 39.0. The first-order chi connectivity index (χ1) is 52.8. The summed E-state index contributed by atoms with van der Waals surface area (Å²) >= 11 is 0. The van der Waals surface area contributed by atoms with Gasteiger partial charge in [0.05, 0.1) is 57.9 Å². The van der Waals surface area contributed by atoms with Crippen molar-refractivity contribution in [3.8, 4) is 0 Å². The Morgan fingerprint density at radius 2 is 0.927 bits per heavy atom. The van der Waals surface area contributed by atoms with Crippen LogP contribution < -0.4 is 10.6 Å². The van der Waals surface area contributed by atoms with Gasteiger partial charge in [-0.25, -0.2) is 4.79 Å². The molecule has 0 radical (unpaired) electrons. The Morgan fingerprint density at radius 3 is 1.43 bits per heavy atom. The second kappa shape index (κ2) is 53.2. The normalized spacial score (nSPS) is 34.1. The maximum absolute atomic E-state index is 13.5. The molecule has 5 fully saturated rings. The average Bonchev–Trinajstić information content (AvgIpc) is 0.774. The number of nitrogens with one attached hydrogen (secondary N) is 2. The molecule has 5 rings (SSSR count). The number of carboxylic acids is 1. The quantitative estimate of drug-likeness (QED) is 0.0297. The van der Waals surface area contributed by atoms with Crippen molar-refractivity contribution >= 4 is 17.8 Å². The largest absolute Gasteiger partial charge is 0.477 e. The molecular weight excluding hydrogens is 1450 g/mol. The summed E-state index contributed by atoms with van der Waals surface area (Å²) in [6.07, 6.45) is -6.18. The maximum Gasteiger partial charge on any atom is 0.364 e. The summed E-state index contributed by atoms with van der Waals surface area (Å²) in [5, 5.41) is 202. The van der Waals surface area contributed by atoms with Crippen molar-refractivity contribution in [3.05, 3.63) is 24.3 Å². The highest BCUT2D eigenvalue weighted by molar-refractivity contribution is 5.76. The maximum atomic E-state index is 13.5. The van der Waals surface area contributed by atoms with Gasteiger partial charge < -0.3 is 150 Å². The van der Waals surface area contributed by atoms with E-state index in [-0.39, 0.29) is 12.3 Å². The number of aliphatic hydroxyl groups is 17. The molecule has 110 heavy (non-hydrogen) atoms. The van der Waals surface area contributed by atoms with Crippen molar-refractivity contribution < 1.29 is 154 Å². The molecule has 0 bridgehead atoms. The van der Waals surface area contributed by atoms with Crippen LogP contribution in [0, 0.1) is 0 Å². The number of hydrogen-bond acceptors (Lipinski definition) is 30. The van der Waals surface area contributed by atoms with E-state index in [9.17, 15) is 106 Å². The first-order valence-electron chi connectivity index (χ1n) is 40.7. The lowest BCUT2D eigenvalue weighted by molar-refractivity contribution is -0.383. The summed E-state index contributed by atoms with van der Waals surface area (Å²) in [6.45, 7) is -0.221. The fourth-order valence-electron chi connectivity index (χ4n) is 14.5. The van der Waals surface area contributed by atoms with Crippen LogP contribution in [0.25, 0.3) is 0 Å². The molecule has 33 heteroatoms. The van der Waals surface area contributed by atoms with E-state index in [0.29, 0.717) is 12.8 Å². The molecule has 20 N–H and O–H groups in total. The van der Waals surface area contributed by atoms with Crippen molar-refractivity contribution in [1.29, 1.82) is 0 Å². The lowest BCUT2D eigenvalue weighted by atomic mass is 9.90. The van der Waals surface area contributed by atoms with Gasteiger partial charge in [0.15, 0.2) is 25.2 Å². The molecule has 5 aliphatic rings. The fourth-order valence-corrected chi connectivity index (χ4v) is 14.5. The number of amides is 2. The number of aliphatic carboxylic acids is 1. The van der Waals surface area contributed by atoms with E-state index in [0.717, 1.165) is 64.7 Å². The second-order valence-electron chi connectivity index (χ2n) is 30.3. The Bertz CT molecular complexity index is 2530. The standard InChI is InChI=1S/C77H138N2O31/c1-4-6-8-10-12-14-16-18-19-20-21-22-23-24-25-27-29-31-33-35-37-39-56(88)79-48(49(85)38-36-34-32-30-28-26-17-15-13-11-9-7-5-2)45-101-73-66(97)64(95)69(54(44-83)105-73)108-75-67(98)70(61(92)52(42-81)103-75)109-72-57(78-47(3)84)62(93)68(53(43-82)104-72)107-74-65(96)63(94)60(91)55(106-74)46-102-77(76(99)100)40-50(86)58(89)71(110-77)59(90)51(87)41-80/h18-19,36,38,48-55,57-75,80-83,85-87,89-98H,4-17,20-35,37,39-46H2,1-3H3,(H,78,84)(H,79,88)(H,99,100)/b19-18-,38-36+/t48-,49+,50?,51+,52?,53?,54?,55?,57?,58+,59+,60-,61-,62+,63-,64+,65?,66?,67?,68+,69+,70-,71?,72-,73+,74-,75-,77+/m0/s1. The molecule has 33 nitrogen and oxygen atoms in total. The molecule has 0 saturated carbocycles. The zero-order chi connectivity index (χ0) is 80.7. The summed E-state index contributed by atoms with van der Waals surface area (Å²) in [5.41, 5.74) is 0. The molecule has 642 valence electrons. The average molecular weight is 1590 g/mol. The van der Waals surface area contributed by atoms with Crippen LogP contribution in [-0.2, 0) is 61.8 Å². The number of aliphatic hydroxyl groups excluding tert-OH is 17. The van der Waals surface area contributed by atoms with Crippen LogP contribution in [0.5, 0.6) is 0 Å². The Morgan fingerprint density at radius 1 is 0.482 bits per heavy atom. The molecule has 5 aliphatic heterocycles. The molecule has 5 heterocycles. The van der Waals surface area contributed by atoms with E-state index in [1.54, 1.807) is 6.08 Å². The summed E-state index contributed by atoms with van der Waals surface area (Å²) in [7, 11) is 0. The van der Waals surface area contributed by atoms with Crippen LogP contribution in [-0.4, -0.2) is 321 Å². The topological polar surface area (TPSA) is 532 Å². The Balaban J connectivity index is 1.18. The van der Waals surface area contributed by atoms with E-state index in [1.807, 2.05) is 6.08 Å². The zero-order valence-electron chi connectivity index (χ0n) is 64.8. The lowest BCUT2D eigenvalue weighted by Gasteiger charge is -2.50. The summed E-state index contributed by atoms with van der Waals surface area (Å²) < 4.78 is 58.2. The number of carbonyl (C=O) groups is 3. The molecule has 0 aromatic heterocycles. The minimum Gasteiger partial charge on any atom is -0.477 e. The van der Waals surface area contributed by atoms with Crippen LogP contribution in [0.1, 0.15) is 233 Å². The van der Waals surface area contributed by atoms with Gasteiger partial charge in [-0.2, -0.15) is 0 Å². The van der Waals surface area contributed by atoms with Crippen LogP contribution in [0.15, 0.2) is 24.3 Å². The van der Waals surface area contributed by atoms with E-state index < -0.39 is 229 Å². The predicted molar refractivity (Wildman–Crippen MR) is 394 cm³/mol. The molecule has 5 saturated heterocycles. The van der Waals surface area contributed by atoms with E-state index in [2.05, 4.69) is 36.6 Å². The number of carbonyl (C=O) groups excluding carboxylic acids is 2. The molecule has 0 spiro atoms. The summed E-state index contributed by atoms with van der Waals surface area (Å²) in [5.74, 6) is -6.16. The van der Waals surface area contributed by atoms with Crippen LogP contribution >= 0.6 is 0 Å². The number of allylic oxidation sites excluding steroid dienone is 3. The molecule has 0 aliphatic carbocycles. The smallest absolute Gasteiger partial charge is 0.364 e. The third-order valence-electron chi connectivity index (χ3n) is 21.3. The first-order valence-corrected chi connectivity index (χ1v) is 40.7. The van der Waals surface area contributed by atoms with Gasteiger partial charge in [0, 0.05) is 19.8 Å². The second-order valence-corrected chi connectivity index (χ2v) is 30.3. The third-order valence-corrected chi connectivity index (χ3v) is 21.3. The van der Waals surface area contributed by atoms with Crippen molar-refractivity contribution in [2.24, 2.45) is 0 Å². The van der Waals surface area contributed by atoms with E-state index in [1.165, 1.54) is 128 Å². The van der Waals surface area contributed by atoms with Gasteiger partial charge in [0.25, 0.3) is 5.79 Å². The van der Waals surface area contributed by atoms with Crippen LogP contribution in [0.3, 0.4) is 0 Å². The molecule has 28 atom stereocenters. The Labute approximate surface area is 647 Å². The molecule has 0 aromatic rings. The Kier molecular flexibility index (Phi) is 47.1. The minimum absolute atomic E-state index is 0.174. The molecule has 10 unspecified atom stereocenters.